The fourth-order valence-electron chi connectivity index (χ4n) is 0.746. The first-order valence-corrected chi connectivity index (χ1v) is 3.61. The Hall–Kier alpha value is -1.16. The number of methoxy groups -OCH3 is 1. The smallest absolute Gasteiger partial charge is 0.337 e. The van der Waals surface area contributed by atoms with Gasteiger partial charge < -0.3 is 4.74 Å². The van der Waals surface area contributed by atoms with Crippen LogP contribution in [0.2, 0.25) is 0 Å². The molecule has 0 saturated carbocycles. The third kappa shape index (κ3) is 1.71. The summed E-state index contributed by atoms with van der Waals surface area (Å²) in [7, 11) is 1.24. The first-order valence-electron chi connectivity index (χ1n) is 3.20. The molecule has 0 aromatic heterocycles. The highest BCUT2D eigenvalue weighted by Crippen LogP contribution is 2.14. The first-order chi connectivity index (χ1) is 5.65. The summed E-state index contributed by atoms with van der Waals surface area (Å²) >= 11 is 4.61. The Morgan fingerprint density at radius 1 is 1.58 bits per heavy atom. The van der Waals surface area contributed by atoms with Gasteiger partial charge in [0.2, 0.25) is 0 Å². The zero-order valence-electron chi connectivity index (χ0n) is 6.33. The molecule has 0 spiro atoms. The van der Waals surface area contributed by atoms with Gasteiger partial charge in [-0.2, -0.15) is 0 Å². The monoisotopic (exact) mass is 185 g/mol. The third-order valence-electron chi connectivity index (χ3n) is 1.35. The van der Waals surface area contributed by atoms with Gasteiger partial charge in [-0.05, 0) is 18.2 Å². The molecule has 0 heterocycles. The normalized spacial score (nSPS) is 9.50. The van der Waals surface area contributed by atoms with Crippen LogP contribution in [0.3, 0.4) is 0 Å². The van der Waals surface area contributed by atoms with Gasteiger partial charge >= 0.3 is 5.97 Å². The molecule has 1 aromatic carbocycles. The fourth-order valence-corrected chi connectivity index (χ4v) is 0.873. The highest BCUT2D eigenvalue weighted by Gasteiger charge is 2.07. The van der Waals surface area contributed by atoms with Gasteiger partial charge in [-0.3, -0.25) is 0 Å². The van der Waals surface area contributed by atoms with Gasteiger partial charge in [0.25, 0.3) is 0 Å². The van der Waals surface area contributed by atoms with Crippen LogP contribution in [0.25, 0.3) is 0 Å². The number of benzene rings is 1. The average Bonchev–Trinajstić information content (AvgIpc) is 2.08. The van der Waals surface area contributed by atoms with Gasteiger partial charge in [0.05, 0.1) is 17.6 Å². The van der Waals surface area contributed by atoms with E-state index in [1.54, 1.807) is 0 Å². The molecule has 0 saturated heterocycles. The van der Waals surface area contributed by atoms with E-state index in [1.165, 1.54) is 19.2 Å². The van der Waals surface area contributed by atoms with Crippen molar-refractivity contribution < 1.29 is 13.9 Å². The molecule has 0 aliphatic carbocycles. The lowest BCUT2D eigenvalue weighted by Crippen LogP contribution is -2.01. The van der Waals surface area contributed by atoms with Crippen molar-refractivity contribution in [3.63, 3.8) is 0 Å². The predicted octanol–water partition coefficient (Wildman–Crippen LogP) is 2.17. The summed E-state index contributed by atoms with van der Waals surface area (Å²) in [5.41, 5.74) is 0.170. The maximum absolute atomic E-state index is 12.8. The Bertz CT molecular complexity index is 312. The van der Waals surface area contributed by atoms with E-state index in [4.69, 9.17) is 0 Å². The SMILES string of the molecule is COC(=O)c1ccc([S])c(F)c1. The summed E-state index contributed by atoms with van der Waals surface area (Å²) < 4.78 is 17.2. The average molecular weight is 185 g/mol. The van der Waals surface area contributed by atoms with Gasteiger partial charge in [-0.1, -0.05) is 12.6 Å². The van der Waals surface area contributed by atoms with Crippen LogP contribution in [0.15, 0.2) is 23.1 Å². The van der Waals surface area contributed by atoms with Gasteiger partial charge in [0.1, 0.15) is 5.82 Å². The second-order valence-electron chi connectivity index (χ2n) is 2.14. The van der Waals surface area contributed by atoms with Crippen molar-refractivity contribution in [3.05, 3.63) is 29.6 Å². The van der Waals surface area contributed by atoms with E-state index < -0.39 is 11.8 Å². The molecule has 0 atom stereocenters. The summed E-state index contributed by atoms with van der Waals surface area (Å²) in [5, 5.41) is 0. The van der Waals surface area contributed by atoms with Crippen molar-refractivity contribution in [2.24, 2.45) is 0 Å². The van der Waals surface area contributed by atoms with Gasteiger partial charge in [-0.15, -0.1) is 0 Å². The molecule has 1 radical (unpaired) electrons. The molecule has 63 valence electrons. The maximum atomic E-state index is 12.8. The third-order valence-corrected chi connectivity index (χ3v) is 1.68. The van der Waals surface area contributed by atoms with Crippen molar-refractivity contribution in [3.8, 4) is 0 Å². The zero-order valence-corrected chi connectivity index (χ0v) is 7.15. The number of carbonyl (C=O) groups is 1. The molecule has 0 N–H and O–H groups in total. The topological polar surface area (TPSA) is 26.3 Å². The summed E-state index contributed by atoms with van der Waals surface area (Å²) in [6.45, 7) is 0. The number of esters is 1. The van der Waals surface area contributed by atoms with Crippen molar-refractivity contribution in [1.29, 1.82) is 0 Å². The Morgan fingerprint density at radius 2 is 2.25 bits per heavy atom. The summed E-state index contributed by atoms with van der Waals surface area (Å²) in [6.07, 6.45) is 0. The fraction of sp³-hybridized carbons (Fsp3) is 0.125. The minimum absolute atomic E-state index is 0.0997. The van der Waals surface area contributed by atoms with Gasteiger partial charge in [0, 0.05) is 0 Å². The van der Waals surface area contributed by atoms with E-state index in [0.29, 0.717) is 0 Å². The molecule has 1 rings (SSSR count). The Morgan fingerprint density at radius 3 is 2.75 bits per heavy atom. The molecule has 0 unspecified atom stereocenters. The summed E-state index contributed by atoms with van der Waals surface area (Å²) in [5.74, 6) is -1.14. The quantitative estimate of drug-likeness (QED) is 0.627. The lowest BCUT2D eigenvalue weighted by Gasteiger charge is -1.99. The van der Waals surface area contributed by atoms with Crippen LogP contribution < -0.4 is 0 Å². The minimum atomic E-state index is -0.576. The molecular weight excluding hydrogens is 179 g/mol. The van der Waals surface area contributed by atoms with E-state index in [1.807, 2.05) is 0 Å². The lowest BCUT2D eigenvalue weighted by atomic mass is 10.2. The van der Waals surface area contributed by atoms with E-state index in [9.17, 15) is 9.18 Å². The molecule has 0 fully saturated rings. The van der Waals surface area contributed by atoms with Crippen LogP contribution in [-0.4, -0.2) is 13.1 Å². The highest BCUT2D eigenvalue weighted by molar-refractivity contribution is 7.80. The Kier molecular flexibility index (Phi) is 2.60. The maximum Gasteiger partial charge on any atom is 0.337 e. The number of hydrogen-bond donors (Lipinski definition) is 0. The van der Waals surface area contributed by atoms with Crippen molar-refractivity contribution in [2.45, 2.75) is 4.90 Å². The second kappa shape index (κ2) is 3.49. The molecule has 0 bridgehead atoms. The number of halogens is 1. The summed E-state index contributed by atoms with van der Waals surface area (Å²) in [6, 6.07) is 3.85. The highest BCUT2D eigenvalue weighted by atomic mass is 32.1. The molecule has 0 aliphatic heterocycles. The Balaban J connectivity index is 3.05. The van der Waals surface area contributed by atoms with Crippen LogP contribution in [0.5, 0.6) is 0 Å². The van der Waals surface area contributed by atoms with E-state index in [0.717, 1.165) is 6.07 Å². The molecule has 2 nitrogen and oxygen atoms in total. The zero-order chi connectivity index (χ0) is 9.14. The predicted molar refractivity (Wildman–Crippen MR) is 43.6 cm³/mol. The number of rotatable bonds is 1. The molecule has 4 heteroatoms. The largest absolute Gasteiger partial charge is 0.465 e. The molecule has 1 aromatic rings. The van der Waals surface area contributed by atoms with E-state index >= 15 is 0 Å². The Labute approximate surface area is 74.8 Å². The van der Waals surface area contributed by atoms with Crippen molar-refractivity contribution in [1.82, 2.24) is 0 Å². The van der Waals surface area contributed by atoms with Gasteiger partial charge in [-0.25, -0.2) is 9.18 Å². The van der Waals surface area contributed by atoms with Crippen molar-refractivity contribution in [2.75, 3.05) is 7.11 Å². The summed E-state index contributed by atoms with van der Waals surface area (Å²) in [4.78, 5) is 11.0. The molecule has 0 amide bonds. The molecular formula is C8H6FO2S. The molecule has 0 aliphatic rings. The van der Waals surface area contributed by atoms with Crippen molar-refractivity contribution >= 4 is 18.6 Å². The number of hydrogen-bond acceptors (Lipinski definition) is 2. The van der Waals surface area contributed by atoms with Crippen LogP contribution in [0.4, 0.5) is 4.39 Å². The first kappa shape index (κ1) is 8.93. The molecule has 12 heavy (non-hydrogen) atoms. The lowest BCUT2D eigenvalue weighted by molar-refractivity contribution is 0.0600. The van der Waals surface area contributed by atoms with Crippen LogP contribution >= 0.6 is 12.6 Å². The van der Waals surface area contributed by atoms with Gasteiger partial charge in [0.15, 0.2) is 0 Å². The number of carbonyl (C=O) groups excluding carboxylic acids is 1. The minimum Gasteiger partial charge on any atom is -0.465 e. The standard InChI is InChI=1S/C8H6FO2S/c1-11-8(10)5-2-3-7(12)6(9)4-5/h2-4H,1H3. The van der Waals surface area contributed by atoms with Crippen LogP contribution in [-0.2, 0) is 4.74 Å². The number of ether oxygens (including phenoxy) is 1. The second-order valence-corrected chi connectivity index (χ2v) is 2.58. The van der Waals surface area contributed by atoms with E-state index in [2.05, 4.69) is 17.4 Å². The van der Waals surface area contributed by atoms with E-state index in [-0.39, 0.29) is 10.5 Å². The van der Waals surface area contributed by atoms with Crippen LogP contribution in [0, 0.1) is 5.82 Å². The van der Waals surface area contributed by atoms with Crippen LogP contribution in [0.1, 0.15) is 10.4 Å².